The highest BCUT2D eigenvalue weighted by Gasteiger charge is 2.61. The van der Waals surface area contributed by atoms with Crippen molar-refractivity contribution in [1.29, 1.82) is 0 Å². The maximum absolute atomic E-state index is 14.1. The van der Waals surface area contributed by atoms with Gasteiger partial charge in [0.1, 0.15) is 4.60 Å². The molecule has 10 aromatic rings. The number of halogens is 7. The van der Waals surface area contributed by atoms with E-state index in [0.29, 0.717) is 97.8 Å². The Bertz CT molecular complexity index is 5760. The minimum atomic E-state index is -0.971. The smallest absolute Gasteiger partial charge is 0.322 e. The van der Waals surface area contributed by atoms with Gasteiger partial charge in [-0.1, -0.05) is 71.9 Å². The summed E-state index contributed by atoms with van der Waals surface area (Å²) in [5, 5.41) is 73.7. The molecule has 12 aliphatic rings. The van der Waals surface area contributed by atoms with Crippen LogP contribution in [0, 0.1) is 29.3 Å². The Morgan fingerprint density at radius 2 is 0.871 bits per heavy atom. The molecule has 0 bridgehead atoms. The SMILES string of the molecule is O=C(Nc1ccc(F)c(F)c1)N1CCc2[nH]nc(C34CCCC3C4)c2C1.O=C(Nc1cccc(Cl)c1)N1CCc2[nH]nc(C3=CC(O)CC3)c2C1.O=C(Nc1cccc(Cl)c1)N1CCc2[nH]nc(C3CC3)c2C1.O=C(Nc1cccc(Cl)c1)N1CCc2[nH]nc(C3CCC(O)C3)c2C1.O=C(Nc1ccnc(Br)c1F)N1CCc2[nH]nc(C34CCCC3C4)c2C1. The van der Waals surface area contributed by atoms with Gasteiger partial charge in [0.2, 0.25) is 0 Å². The number of benzene rings is 4. The Hall–Kier alpha value is -10.8. The van der Waals surface area contributed by atoms with Crippen LogP contribution in [-0.4, -0.2) is 166 Å². The molecule has 648 valence electrons. The molecule has 12 N–H and O–H groups in total. The Morgan fingerprint density at radius 1 is 0.452 bits per heavy atom. The van der Waals surface area contributed by atoms with Crippen molar-refractivity contribution in [3.05, 3.63) is 231 Å². The van der Waals surface area contributed by atoms with E-state index in [1.54, 1.807) is 62.1 Å². The number of carbonyl (C=O) groups is 5. The number of amides is 10. The van der Waals surface area contributed by atoms with Crippen molar-refractivity contribution in [3.63, 3.8) is 0 Å². The summed E-state index contributed by atoms with van der Waals surface area (Å²) in [4.78, 5) is 75.6. The van der Waals surface area contributed by atoms with E-state index in [-0.39, 0.29) is 69.0 Å². The summed E-state index contributed by atoms with van der Waals surface area (Å²) in [7, 11) is 0. The zero-order valence-electron chi connectivity index (χ0n) is 68.1. The molecule has 35 heteroatoms. The van der Waals surface area contributed by atoms with Crippen molar-refractivity contribution in [2.45, 2.75) is 196 Å². The van der Waals surface area contributed by atoms with E-state index in [4.69, 9.17) is 34.8 Å². The van der Waals surface area contributed by atoms with E-state index in [0.717, 1.165) is 162 Å². The second-order valence-corrected chi connectivity index (χ2v) is 36.5. The lowest BCUT2D eigenvalue weighted by Gasteiger charge is -2.28. The third-order valence-electron chi connectivity index (χ3n) is 26.6. The van der Waals surface area contributed by atoms with E-state index in [1.165, 1.54) is 105 Å². The molecule has 28 nitrogen and oxygen atoms in total. The van der Waals surface area contributed by atoms with E-state index >= 15 is 0 Å². The summed E-state index contributed by atoms with van der Waals surface area (Å²) >= 11 is 20.9. The minimum Gasteiger partial charge on any atom is -0.393 e. The van der Waals surface area contributed by atoms with Gasteiger partial charge in [-0.25, -0.2) is 42.1 Å². The van der Waals surface area contributed by atoms with Crippen LogP contribution in [0.25, 0.3) is 5.57 Å². The maximum atomic E-state index is 14.1. The fraction of sp³-hybridized carbons (Fsp3) is 0.427. The average Bonchev–Trinajstić information content (AvgIpc) is 1.55. The number of aliphatic hydroxyl groups excluding tert-OH is 2. The zero-order chi connectivity index (χ0) is 85.7. The Labute approximate surface area is 736 Å². The fourth-order valence-corrected chi connectivity index (χ4v) is 20.6. The number of hydrogen-bond acceptors (Lipinski definition) is 13. The van der Waals surface area contributed by atoms with Crippen LogP contribution in [0.1, 0.15) is 193 Å². The van der Waals surface area contributed by atoms with Gasteiger partial charge in [-0.3, -0.25) is 25.5 Å². The van der Waals surface area contributed by atoms with Crippen molar-refractivity contribution in [1.82, 2.24) is 80.5 Å². The van der Waals surface area contributed by atoms with Gasteiger partial charge in [-0.05, 0) is 190 Å². The highest BCUT2D eigenvalue weighted by molar-refractivity contribution is 9.10. The lowest BCUT2D eigenvalue weighted by molar-refractivity contribution is 0.181. The molecular weight excluding hydrogens is 1720 g/mol. The molecule has 124 heavy (non-hydrogen) atoms. The molecular formula is C89H96BrCl3F3N21O7. The molecule has 6 saturated carbocycles. The van der Waals surface area contributed by atoms with E-state index in [9.17, 15) is 47.4 Å². The third-order valence-corrected chi connectivity index (χ3v) is 27.8. The van der Waals surface area contributed by atoms with Crippen molar-refractivity contribution in [3.8, 4) is 0 Å². The molecule has 7 unspecified atom stereocenters. The van der Waals surface area contributed by atoms with Gasteiger partial charge >= 0.3 is 30.2 Å². The number of pyridine rings is 1. The first kappa shape index (κ1) is 84.1. The lowest BCUT2D eigenvalue weighted by atomic mass is 9.92. The summed E-state index contributed by atoms with van der Waals surface area (Å²) in [6.07, 6.45) is 22.9. The lowest BCUT2D eigenvalue weighted by Crippen LogP contribution is -2.39. The molecule has 10 amide bonds. The minimum absolute atomic E-state index is 0.0872. The van der Waals surface area contributed by atoms with Crippen LogP contribution in [0.4, 0.5) is 65.6 Å². The van der Waals surface area contributed by atoms with Crippen LogP contribution in [0.3, 0.4) is 0 Å². The van der Waals surface area contributed by atoms with Gasteiger partial charge in [0.05, 0.1) is 79.1 Å². The number of fused-ring (bicyclic) bond motifs is 7. The highest BCUT2D eigenvalue weighted by Crippen LogP contribution is 2.66. The number of aliphatic hydroxyl groups is 2. The summed E-state index contributed by atoms with van der Waals surface area (Å²) in [6, 6.07) is 25.3. The molecule has 11 heterocycles. The van der Waals surface area contributed by atoms with Crippen molar-refractivity contribution in [2.75, 3.05) is 59.3 Å². The van der Waals surface area contributed by atoms with Crippen molar-refractivity contribution < 1.29 is 47.4 Å². The molecule has 0 spiro atoms. The largest absolute Gasteiger partial charge is 0.393 e. The molecule has 22 rings (SSSR count). The van der Waals surface area contributed by atoms with Crippen LogP contribution >= 0.6 is 50.7 Å². The Morgan fingerprint density at radius 3 is 1.29 bits per heavy atom. The summed E-state index contributed by atoms with van der Waals surface area (Å²) < 4.78 is 40.6. The van der Waals surface area contributed by atoms with Gasteiger partial charge in [0.15, 0.2) is 17.5 Å². The highest BCUT2D eigenvalue weighted by atomic mass is 79.9. The maximum Gasteiger partial charge on any atom is 0.322 e. The van der Waals surface area contributed by atoms with Crippen LogP contribution in [-0.2, 0) is 75.7 Å². The molecule has 0 saturated heterocycles. The number of hydrogen-bond donors (Lipinski definition) is 12. The quantitative estimate of drug-likeness (QED) is 0.0567. The number of allylic oxidation sites excluding steroid dienone is 1. The van der Waals surface area contributed by atoms with Crippen LogP contribution in [0.15, 0.2) is 114 Å². The first-order valence-electron chi connectivity index (χ1n) is 42.8. The van der Waals surface area contributed by atoms with E-state index in [2.05, 4.69) is 98.5 Å². The number of carbonyl (C=O) groups excluding carboxylic acids is 5. The number of anilines is 5. The molecule has 7 atom stereocenters. The first-order chi connectivity index (χ1) is 60.0. The van der Waals surface area contributed by atoms with Gasteiger partial charge in [0.25, 0.3) is 0 Å². The zero-order valence-corrected chi connectivity index (χ0v) is 71.9. The predicted molar refractivity (Wildman–Crippen MR) is 466 cm³/mol. The number of aromatic nitrogens is 11. The van der Waals surface area contributed by atoms with E-state index < -0.39 is 23.6 Å². The monoisotopic (exact) mass is 1810 g/mol. The third kappa shape index (κ3) is 18.1. The van der Waals surface area contributed by atoms with Gasteiger partial charge < -0.3 is 61.3 Å². The molecule has 4 aromatic carbocycles. The predicted octanol–water partition coefficient (Wildman–Crippen LogP) is 17.5. The van der Waals surface area contributed by atoms with Crippen molar-refractivity contribution >= 4 is 115 Å². The summed E-state index contributed by atoms with van der Waals surface area (Å²) in [5.41, 5.74) is 20.8. The molecule has 0 radical (unpaired) electrons. The standard InChI is InChI=1S/C19H20F2N4O.C18H19BrFN5O.C18H21ClN4O2.C18H19ClN4O2.C16H17ClN4O/c20-14-4-3-12(8-15(14)21)22-18(26)25-7-5-16-13(10-25)17(24-23-16)19-6-1-2-11(19)9-19;19-16-14(20)13(3-6-21-16)22-17(26)25-7-4-12-11(9-25)15(24-23-12)18-5-1-2-10(18)8-18;2*19-12-2-1-3-13(9-12)20-18(25)23-7-6-16-15(10-23)17(22-21-16)11-4-5-14(24)8-11;17-11-2-1-3-12(8-11)18-16(22)21-7-6-14-13(9-21)15(20-19-14)10-4-5-10/h3-4,8,11H,1-2,5-7,9-10H2,(H,22,26)(H,23,24);3,6,10H,1-2,4-5,7-9H2,(H,23,24)(H,21,22,26);1-3,9,11,14,24H,4-8,10H2,(H,20,25)(H,21,22);1-3,8-9,14,24H,4-7,10H2,(H,20,25)(H,21,22);1-3,8,10H,4-7,9H2,(H,18,22)(H,19,20). The summed E-state index contributed by atoms with van der Waals surface area (Å²) in [6.45, 7) is 5.83. The number of nitrogens with one attached hydrogen (secondary N) is 10. The number of nitrogens with zero attached hydrogens (tertiary/aromatic N) is 11. The second kappa shape index (κ2) is 35.7. The van der Waals surface area contributed by atoms with Crippen molar-refractivity contribution in [2.24, 2.45) is 11.8 Å². The normalized spacial score (nSPS) is 22.6. The number of H-pyrrole nitrogens is 5. The first-order valence-corrected chi connectivity index (χ1v) is 44.7. The van der Waals surface area contributed by atoms with Crippen LogP contribution < -0.4 is 26.6 Å². The Kier molecular flexibility index (Phi) is 24.2. The molecule has 5 aliphatic heterocycles. The number of urea groups is 5. The van der Waals surface area contributed by atoms with Crippen LogP contribution in [0.2, 0.25) is 15.1 Å². The average molecular weight is 1820 g/mol. The Balaban J connectivity index is 0.000000106. The van der Waals surface area contributed by atoms with Crippen LogP contribution in [0.5, 0.6) is 0 Å². The number of aromatic amines is 5. The topological polar surface area (TPSA) is 358 Å². The number of rotatable bonds is 10. The molecule has 7 aliphatic carbocycles. The van der Waals surface area contributed by atoms with E-state index in [1.807, 2.05) is 41.3 Å². The van der Waals surface area contributed by atoms with Gasteiger partial charge in [-0.2, -0.15) is 25.5 Å². The molecule has 6 aromatic heterocycles. The molecule has 6 fully saturated rings. The fourth-order valence-electron chi connectivity index (χ4n) is 19.7. The second-order valence-electron chi connectivity index (χ2n) is 34.5. The van der Waals surface area contributed by atoms with Gasteiger partial charge in [0, 0.05) is 194 Å². The van der Waals surface area contributed by atoms with Gasteiger partial charge in [-0.15, -0.1) is 0 Å². The summed E-state index contributed by atoms with van der Waals surface area (Å²) in [5.74, 6) is -0.0665.